The maximum absolute atomic E-state index is 12.9. The predicted octanol–water partition coefficient (Wildman–Crippen LogP) is 1.82. The number of amides is 1. The van der Waals surface area contributed by atoms with Crippen molar-refractivity contribution >= 4 is 5.91 Å². The Morgan fingerprint density at radius 1 is 1.30 bits per heavy atom. The highest BCUT2D eigenvalue weighted by Crippen LogP contribution is 2.32. The van der Waals surface area contributed by atoms with Crippen LogP contribution in [0.5, 0.6) is 0 Å². The molecule has 0 aromatic carbocycles. The van der Waals surface area contributed by atoms with Gasteiger partial charge in [-0.15, -0.1) is 0 Å². The fourth-order valence-electron chi connectivity index (χ4n) is 3.56. The number of nitrogens with zero attached hydrogens (tertiary/aromatic N) is 5. The van der Waals surface area contributed by atoms with E-state index in [1.54, 1.807) is 36.4 Å². The van der Waals surface area contributed by atoms with Gasteiger partial charge in [0.25, 0.3) is 5.91 Å². The first-order valence-electron chi connectivity index (χ1n) is 8.85. The third-order valence-electron chi connectivity index (χ3n) is 4.83. The van der Waals surface area contributed by atoms with Crippen LogP contribution < -0.4 is 0 Å². The summed E-state index contributed by atoms with van der Waals surface area (Å²) in [7, 11) is 1.68. The van der Waals surface area contributed by atoms with Crippen LogP contribution in [0.15, 0.2) is 53.6 Å². The Balaban J connectivity index is 1.48. The molecule has 3 aromatic heterocycles. The van der Waals surface area contributed by atoms with Gasteiger partial charge in [-0.05, 0) is 24.3 Å². The number of aromatic nitrogens is 4. The molecule has 0 saturated carbocycles. The summed E-state index contributed by atoms with van der Waals surface area (Å²) < 4.78 is 12.8. The summed E-state index contributed by atoms with van der Waals surface area (Å²) >= 11 is 0. The summed E-state index contributed by atoms with van der Waals surface area (Å²) in [4.78, 5) is 23.1. The fourth-order valence-corrected chi connectivity index (χ4v) is 3.56. The molecule has 2 atom stereocenters. The Morgan fingerprint density at radius 3 is 2.96 bits per heavy atom. The van der Waals surface area contributed by atoms with Crippen LogP contribution in [0.25, 0.3) is 0 Å². The quantitative estimate of drug-likeness (QED) is 0.660. The van der Waals surface area contributed by atoms with E-state index in [1.807, 2.05) is 23.1 Å². The number of carbonyl (C=O) groups excluding carboxylic acids is 1. The third-order valence-corrected chi connectivity index (χ3v) is 4.83. The number of hydrogen-bond acceptors (Lipinski definition) is 6. The van der Waals surface area contributed by atoms with E-state index >= 15 is 0 Å². The van der Waals surface area contributed by atoms with E-state index in [-0.39, 0.29) is 17.7 Å². The largest absolute Gasteiger partial charge is 0.454 e. The van der Waals surface area contributed by atoms with Gasteiger partial charge < -0.3 is 14.1 Å². The lowest BCUT2D eigenvalue weighted by molar-refractivity contribution is 0.0742. The summed E-state index contributed by atoms with van der Waals surface area (Å²) in [5.41, 5.74) is 0.987. The monoisotopic (exact) mass is 367 g/mol. The standard InChI is InChI=1S/C19H21N5O3/c1-26-11-14-8-23(10-16(14)17-4-2-3-7-21-17)19(25)18-6-5-15(27-18)9-24-13-20-12-22-24/h2-7,12-14,16H,8-11H2,1H3/t14-,16+/m0/s1. The number of pyridine rings is 1. The molecule has 1 aliphatic rings. The van der Waals surface area contributed by atoms with E-state index in [0.29, 0.717) is 37.8 Å². The van der Waals surface area contributed by atoms with Gasteiger partial charge in [-0.2, -0.15) is 5.10 Å². The maximum Gasteiger partial charge on any atom is 0.289 e. The molecule has 8 nitrogen and oxygen atoms in total. The summed E-state index contributed by atoms with van der Waals surface area (Å²) in [6, 6.07) is 9.39. The van der Waals surface area contributed by atoms with Crippen molar-refractivity contribution in [1.29, 1.82) is 0 Å². The zero-order chi connectivity index (χ0) is 18.6. The number of rotatable bonds is 6. The third kappa shape index (κ3) is 3.75. The van der Waals surface area contributed by atoms with Crippen molar-refractivity contribution in [2.24, 2.45) is 5.92 Å². The second-order valence-corrected chi connectivity index (χ2v) is 6.65. The Morgan fingerprint density at radius 2 is 2.22 bits per heavy atom. The van der Waals surface area contributed by atoms with Crippen molar-refractivity contribution in [3.63, 3.8) is 0 Å². The molecular formula is C19H21N5O3. The van der Waals surface area contributed by atoms with Gasteiger partial charge >= 0.3 is 0 Å². The number of furan rings is 1. The summed E-state index contributed by atoms with van der Waals surface area (Å²) in [6.45, 7) is 2.24. The lowest BCUT2D eigenvalue weighted by Crippen LogP contribution is -2.29. The first kappa shape index (κ1) is 17.4. The number of hydrogen-bond donors (Lipinski definition) is 0. The highest BCUT2D eigenvalue weighted by Gasteiger charge is 2.37. The molecule has 0 radical (unpaired) electrons. The van der Waals surface area contributed by atoms with Gasteiger partial charge in [0.1, 0.15) is 25.0 Å². The lowest BCUT2D eigenvalue weighted by Gasteiger charge is -2.16. The Labute approximate surface area is 156 Å². The SMILES string of the molecule is COC[C@@H]1CN(C(=O)c2ccc(Cn3cncn3)o2)C[C@H]1c1ccccn1. The van der Waals surface area contributed by atoms with Crippen LogP contribution in [0.1, 0.15) is 27.9 Å². The minimum absolute atomic E-state index is 0.112. The van der Waals surface area contributed by atoms with Crippen molar-refractivity contribution in [2.75, 3.05) is 26.8 Å². The van der Waals surface area contributed by atoms with Gasteiger partial charge in [0.05, 0.1) is 6.61 Å². The van der Waals surface area contributed by atoms with Crippen LogP contribution in [0.4, 0.5) is 0 Å². The van der Waals surface area contributed by atoms with Crippen molar-refractivity contribution < 1.29 is 13.9 Å². The van der Waals surface area contributed by atoms with Crippen molar-refractivity contribution in [1.82, 2.24) is 24.6 Å². The van der Waals surface area contributed by atoms with Crippen LogP contribution >= 0.6 is 0 Å². The van der Waals surface area contributed by atoms with Gasteiger partial charge in [-0.25, -0.2) is 9.67 Å². The summed E-state index contributed by atoms with van der Waals surface area (Å²) in [5, 5.41) is 4.05. The molecule has 8 heteroatoms. The molecule has 140 valence electrons. The van der Waals surface area contributed by atoms with Gasteiger partial charge in [0, 0.05) is 43.9 Å². The molecule has 0 bridgehead atoms. The zero-order valence-corrected chi connectivity index (χ0v) is 15.1. The van der Waals surface area contributed by atoms with Crippen molar-refractivity contribution in [3.05, 3.63) is 66.4 Å². The molecule has 0 N–H and O–H groups in total. The maximum atomic E-state index is 12.9. The molecule has 1 aliphatic heterocycles. The molecule has 0 unspecified atom stereocenters. The average molecular weight is 367 g/mol. The van der Waals surface area contributed by atoms with Crippen molar-refractivity contribution in [3.8, 4) is 0 Å². The molecule has 1 amide bonds. The van der Waals surface area contributed by atoms with Crippen LogP contribution in [0.2, 0.25) is 0 Å². The van der Waals surface area contributed by atoms with Crippen molar-refractivity contribution in [2.45, 2.75) is 12.5 Å². The molecule has 1 fully saturated rings. The Hall–Kier alpha value is -3.00. The van der Waals surface area contributed by atoms with E-state index in [2.05, 4.69) is 15.1 Å². The Kier molecular flexibility index (Phi) is 4.97. The highest BCUT2D eigenvalue weighted by atomic mass is 16.5. The molecule has 1 saturated heterocycles. The summed E-state index contributed by atoms with van der Waals surface area (Å²) in [5.74, 6) is 1.25. The van der Waals surface area contributed by atoms with Gasteiger partial charge in [-0.1, -0.05) is 6.07 Å². The second kappa shape index (κ2) is 7.71. The lowest BCUT2D eigenvalue weighted by atomic mass is 9.93. The first-order chi connectivity index (χ1) is 13.2. The smallest absolute Gasteiger partial charge is 0.289 e. The van der Waals surface area contributed by atoms with E-state index < -0.39 is 0 Å². The second-order valence-electron chi connectivity index (χ2n) is 6.65. The molecule has 3 aromatic rings. The highest BCUT2D eigenvalue weighted by molar-refractivity contribution is 5.91. The number of ether oxygens (including phenoxy) is 1. The predicted molar refractivity (Wildman–Crippen MR) is 96.1 cm³/mol. The average Bonchev–Trinajstić information content (AvgIpc) is 3.44. The zero-order valence-electron chi connectivity index (χ0n) is 15.1. The van der Waals surface area contributed by atoms with Gasteiger partial charge in [-0.3, -0.25) is 9.78 Å². The topological polar surface area (TPSA) is 86.3 Å². The normalized spacial score (nSPS) is 19.5. The van der Waals surface area contributed by atoms with E-state index in [9.17, 15) is 4.79 Å². The Bertz CT molecular complexity index is 878. The first-order valence-corrected chi connectivity index (χ1v) is 8.85. The van der Waals surface area contributed by atoms with Crippen LogP contribution in [0, 0.1) is 5.92 Å². The van der Waals surface area contributed by atoms with E-state index in [4.69, 9.17) is 9.15 Å². The molecule has 0 aliphatic carbocycles. The van der Waals surface area contributed by atoms with E-state index in [0.717, 1.165) is 5.69 Å². The van der Waals surface area contributed by atoms with E-state index in [1.165, 1.54) is 6.33 Å². The van der Waals surface area contributed by atoms with Gasteiger partial charge in [0.15, 0.2) is 5.76 Å². The van der Waals surface area contributed by atoms with Gasteiger partial charge in [0.2, 0.25) is 0 Å². The fraction of sp³-hybridized carbons (Fsp3) is 0.368. The molecule has 0 spiro atoms. The minimum atomic E-state index is -0.112. The van der Waals surface area contributed by atoms with Crippen LogP contribution in [-0.4, -0.2) is 57.4 Å². The van der Waals surface area contributed by atoms with Crippen LogP contribution in [-0.2, 0) is 11.3 Å². The minimum Gasteiger partial charge on any atom is -0.454 e. The molecular weight excluding hydrogens is 346 g/mol. The molecule has 4 heterocycles. The molecule has 27 heavy (non-hydrogen) atoms. The number of likely N-dealkylation sites (tertiary alicyclic amines) is 1. The number of methoxy groups -OCH3 is 1. The van der Waals surface area contributed by atoms with Crippen LogP contribution in [0.3, 0.4) is 0 Å². The number of carbonyl (C=O) groups is 1. The summed E-state index contributed by atoms with van der Waals surface area (Å²) in [6.07, 6.45) is 4.86. The molecule has 4 rings (SSSR count).